The summed E-state index contributed by atoms with van der Waals surface area (Å²) in [7, 11) is 0. The smallest absolute Gasteiger partial charge is 0.320 e. The van der Waals surface area contributed by atoms with Gasteiger partial charge < -0.3 is 5.11 Å². The summed E-state index contributed by atoms with van der Waals surface area (Å²) in [6, 6.07) is 10.2. The van der Waals surface area contributed by atoms with Gasteiger partial charge in [0, 0.05) is 6.54 Å². The average Bonchev–Trinajstić information content (AvgIpc) is 2.86. The van der Waals surface area contributed by atoms with E-state index in [0.717, 1.165) is 38.8 Å². The molecule has 2 unspecified atom stereocenters. The Morgan fingerprint density at radius 1 is 1.42 bits per heavy atom. The minimum Gasteiger partial charge on any atom is -0.480 e. The van der Waals surface area contributed by atoms with Crippen molar-refractivity contribution in [3.63, 3.8) is 0 Å². The second kappa shape index (κ2) is 6.71. The number of rotatable bonds is 6. The minimum absolute atomic E-state index is 0.251. The van der Waals surface area contributed by atoms with E-state index in [9.17, 15) is 4.79 Å². The number of benzene rings is 1. The number of aryl methyl sites for hydroxylation is 1. The molecule has 0 aromatic heterocycles. The van der Waals surface area contributed by atoms with Crippen molar-refractivity contribution in [1.82, 2.24) is 4.90 Å². The fraction of sp³-hybridized carbons (Fsp3) is 0.562. The zero-order chi connectivity index (χ0) is 13.7. The van der Waals surface area contributed by atoms with Crippen molar-refractivity contribution in [3.05, 3.63) is 35.9 Å². The maximum absolute atomic E-state index is 11.1. The molecule has 104 valence electrons. The second-order valence-electron chi connectivity index (χ2n) is 5.62. The Hall–Kier alpha value is -1.35. The number of hydrogen-bond donors (Lipinski definition) is 1. The predicted molar refractivity (Wildman–Crippen MR) is 76.2 cm³/mol. The van der Waals surface area contributed by atoms with Crippen molar-refractivity contribution in [1.29, 1.82) is 0 Å². The molecule has 0 amide bonds. The van der Waals surface area contributed by atoms with Gasteiger partial charge in [0.15, 0.2) is 0 Å². The number of carboxylic acids is 1. The highest BCUT2D eigenvalue weighted by atomic mass is 16.4. The number of likely N-dealkylation sites (tertiary alicyclic amines) is 1. The van der Waals surface area contributed by atoms with Crippen LogP contribution in [0, 0.1) is 5.92 Å². The van der Waals surface area contributed by atoms with Crippen LogP contribution in [0.3, 0.4) is 0 Å². The highest BCUT2D eigenvalue weighted by Gasteiger charge is 2.30. The maximum atomic E-state index is 11.1. The van der Waals surface area contributed by atoms with Gasteiger partial charge in [-0.2, -0.15) is 0 Å². The molecule has 0 bridgehead atoms. The normalized spacial score (nSPS) is 21.4. The van der Waals surface area contributed by atoms with E-state index in [2.05, 4.69) is 36.1 Å². The molecular formula is C16H23NO2. The van der Waals surface area contributed by atoms with Crippen molar-refractivity contribution in [3.8, 4) is 0 Å². The van der Waals surface area contributed by atoms with Gasteiger partial charge in [0.1, 0.15) is 6.04 Å². The van der Waals surface area contributed by atoms with Crippen LogP contribution in [0.1, 0.15) is 31.7 Å². The summed E-state index contributed by atoms with van der Waals surface area (Å²) in [6.07, 6.45) is 4.02. The van der Waals surface area contributed by atoms with Crippen LogP contribution in [0.5, 0.6) is 0 Å². The topological polar surface area (TPSA) is 40.5 Å². The van der Waals surface area contributed by atoms with Gasteiger partial charge in [-0.05, 0) is 43.7 Å². The van der Waals surface area contributed by atoms with E-state index in [1.54, 1.807) is 0 Å². The molecule has 1 heterocycles. The third-order valence-electron chi connectivity index (χ3n) is 3.96. The van der Waals surface area contributed by atoms with Crippen LogP contribution in [0.2, 0.25) is 0 Å². The average molecular weight is 261 g/mol. The number of hydrogen-bond acceptors (Lipinski definition) is 2. The number of carboxylic acid groups (broad SMARTS) is 1. The van der Waals surface area contributed by atoms with Gasteiger partial charge >= 0.3 is 5.97 Å². The lowest BCUT2D eigenvalue weighted by Crippen LogP contribution is -2.38. The zero-order valence-corrected chi connectivity index (χ0v) is 11.6. The third-order valence-corrected chi connectivity index (χ3v) is 3.96. The zero-order valence-electron chi connectivity index (χ0n) is 11.6. The summed E-state index contributed by atoms with van der Waals surface area (Å²) in [5.41, 5.74) is 1.37. The Labute approximate surface area is 115 Å². The van der Waals surface area contributed by atoms with Crippen LogP contribution in [-0.4, -0.2) is 35.1 Å². The summed E-state index contributed by atoms with van der Waals surface area (Å²) < 4.78 is 0. The van der Waals surface area contributed by atoms with Gasteiger partial charge in [0.25, 0.3) is 0 Å². The Morgan fingerprint density at radius 3 is 2.84 bits per heavy atom. The lowest BCUT2D eigenvalue weighted by atomic mass is 10.0. The highest BCUT2D eigenvalue weighted by molar-refractivity contribution is 5.73. The van der Waals surface area contributed by atoms with Crippen LogP contribution >= 0.6 is 0 Å². The first kappa shape index (κ1) is 14.1. The molecule has 2 rings (SSSR count). The molecule has 1 fully saturated rings. The minimum atomic E-state index is -0.659. The maximum Gasteiger partial charge on any atom is 0.320 e. The Kier molecular flexibility index (Phi) is 4.97. The molecule has 0 aliphatic carbocycles. The first-order chi connectivity index (χ1) is 9.16. The van der Waals surface area contributed by atoms with Crippen molar-refractivity contribution >= 4 is 5.97 Å². The summed E-state index contributed by atoms with van der Waals surface area (Å²) in [6.45, 7) is 4.07. The molecule has 2 atom stereocenters. The molecule has 1 aromatic carbocycles. The summed E-state index contributed by atoms with van der Waals surface area (Å²) >= 11 is 0. The Bertz CT molecular complexity index is 404. The summed E-state index contributed by atoms with van der Waals surface area (Å²) in [5, 5.41) is 9.16. The molecule has 1 aliphatic heterocycles. The van der Waals surface area contributed by atoms with Crippen LogP contribution in [-0.2, 0) is 11.2 Å². The molecule has 3 nitrogen and oxygen atoms in total. The van der Waals surface area contributed by atoms with E-state index in [1.807, 2.05) is 6.07 Å². The molecule has 1 saturated heterocycles. The first-order valence-electron chi connectivity index (χ1n) is 7.17. The van der Waals surface area contributed by atoms with Crippen LogP contribution in [0.4, 0.5) is 0 Å². The number of carbonyl (C=O) groups is 1. The Balaban J connectivity index is 1.78. The van der Waals surface area contributed by atoms with Gasteiger partial charge in [0.2, 0.25) is 0 Å². The molecule has 3 heteroatoms. The Morgan fingerprint density at radius 2 is 2.16 bits per heavy atom. The van der Waals surface area contributed by atoms with Gasteiger partial charge in [-0.3, -0.25) is 9.69 Å². The van der Waals surface area contributed by atoms with E-state index >= 15 is 0 Å². The number of nitrogens with zero attached hydrogens (tertiary/aromatic N) is 1. The molecular weight excluding hydrogens is 238 g/mol. The van der Waals surface area contributed by atoms with Crippen LogP contribution < -0.4 is 0 Å². The van der Waals surface area contributed by atoms with E-state index in [0.29, 0.717) is 5.92 Å². The lowest BCUT2D eigenvalue weighted by molar-refractivity contribution is -0.142. The largest absolute Gasteiger partial charge is 0.480 e. The van der Waals surface area contributed by atoms with Gasteiger partial charge in [-0.25, -0.2) is 0 Å². The van der Waals surface area contributed by atoms with Crippen molar-refractivity contribution in [2.45, 2.75) is 38.6 Å². The van der Waals surface area contributed by atoms with Crippen molar-refractivity contribution in [2.24, 2.45) is 5.92 Å². The standard InChI is InChI=1S/C16H23NO2/c1-13(9-10-14-6-3-2-4-7-14)12-17-11-5-8-15(17)16(18)19/h2-4,6-7,13,15H,5,8-12H2,1H3,(H,18,19). The lowest BCUT2D eigenvalue weighted by Gasteiger charge is -2.24. The SMILES string of the molecule is CC(CCc1ccccc1)CN1CCCC1C(=O)O. The van der Waals surface area contributed by atoms with Crippen LogP contribution in [0.15, 0.2) is 30.3 Å². The van der Waals surface area contributed by atoms with Gasteiger partial charge in [-0.15, -0.1) is 0 Å². The molecule has 1 aromatic rings. The molecule has 1 aliphatic rings. The van der Waals surface area contributed by atoms with Gasteiger partial charge in [-0.1, -0.05) is 37.3 Å². The predicted octanol–water partition coefficient (Wildman–Crippen LogP) is 2.80. The molecule has 0 spiro atoms. The van der Waals surface area contributed by atoms with Crippen molar-refractivity contribution in [2.75, 3.05) is 13.1 Å². The van der Waals surface area contributed by atoms with E-state index < -0.39 is 5.97 Å². The molecule has 0 saturated carbocycles. The molecule has 0 radical (unpaired) electrons. The third kappa shape index (κ3) is 4.06. The van der Waals surface area contributed by atoms with Crippen LogP contribution in [0.25, 0.3) is 0 Å². The first-order valence-corrected chi connectivity index (χ1v) is 7.17. The van der Waals surface area contributed by atoms with Crippen molar-refractivity contribution < 1.29 is 9.90 Å². The summed E-state index contributed by atoms with van der Waals surface area (Å²) in [4.78, 5) is 13.3. The quantitative estimate of drug-likeness (QED) is 0.856. The molecule has 1 N–H and O–H groups in total. The van der Waals surface area contributed by atoms with Gasteiger partial charge in [0.05, 0.1) is 0 Å². The second-order valence-corrected chi connectivity index (χ2v) is 5.62. The van der Waals surface area contributed by atoms with E-state index in [1.165, 1.54) is 5.56 Å². The molecule has 19 heavy (non-hydrogen) atoms. The summed E-state index contributed by atoms with van der Waals surface area (Å²) in [5.74, 6) is -0.118. The fourth-order valence-electron chi connectivity index (χ4n) is 2.87. The monoisotopic (exact) mass is 261 g/mol. The number of aliphatic carboxylic acids is 1. The fourth-order valence-corrected chi connectivity index (χ4v) is 2.87. The highest BCUT2D eigenvalue weighted by Crippen LogP contribution is 2.20. The van der Waals surface area contributed by atoms with E-state index in [-0.39, 0.29) is 6.04 Å². The van der Waals surface area contributed by atoms with E-state index in [4.69, 9.17) is 5.11 Å².